The summed E-state index contributed by atoms with van der Waals surface area (Å²) in [6, 6.07) is 0. The molecule has 1 rings (SSSR count). The van der Waals surface area contributed by atoms with Crippen molar-refractivity contribution in [3.8, 4) is 0 Å². The molecule has 0 unspecified atom stereocenters. The van der Waals surface area contributed by atoms with E-state index in [1.165, 1.54) is 5.03 Å². The first kappa shape index (κ1) is 7.09. The fourth-order valence-electron chi connectivity index (χ4n) is 0.589. The molecule has 9 heavy (non-hydrogen) atoms. The van der Waals surface area contributed by atoms with Crippen molar-refractivity contribution in [2.75, 3.05) is 12.8 Å². The van der Waals surface area contributed by atoms with Crippen LogP contribution in [0.15, 0.2) is 23.3 Å². The van der Waals surface area contributed by atoms with Gasteiger partial charge in [-0.15, -0.1) is 0 Å². The predicted molar refractivity (Wildman–Crippen MR) is 46.3 cm³/mol. The molecule has 0 bridgehead atoms. The van der Waals surface area contributed by atoms with Crippen LogP contribution in [0.2, 0.25) is 0 Å². The average molecular weight is 159 g/mol. The van der Waals surface area contributed by atoms with E-state index in [2.05, 4.69) is 29.8 Å². The zero-order chi connectivity index (χ0) is 6.53. The van der Waals surface area contributed by atoms with E-state index < -0.39 is 0 Å². The fraction of sp³-hybridized carbons (Fsp3) is 0.333. The molecule has 0 saturated carbocycles. The molecule has 1 aliphatic rings. The Labute approximate surface area is 63.4 Å². The minimum absolute atomic E-state index is 0.972. The summed E-state index contributed by atoms with van der Waals surface area (Å²) >= 11 is 0. The minimum atomic E-state index is 0.972. The molecule has 0 aromatic rings. The Morgan fingerprint density at radius 3 is 3.11 bits per heavy atom. The zero-order valence-electron chi connectivity index (χ0n) is 5.26. The largest absolute Gasteiger partial charge is 0.376 e. The molecular weight excluding hydrogens is 150 g/mol. The van der Waals surface area contributed by atoms with Gasteiger partial charge >= 0.3 is 0 Å². The number of allylic oxidation sites excluding steroid dienone is 2. The molecular formula is C6H9NS2. The van der Waals surface area contributed by atoms with Gasteiger partial charge in [0.2, 0.25) is 0 Å². The average Bonchev–Trinajstić information content (AvgIpc) is 1.91. The van der Waals surface area contributed by atoms with Crippen molar-refractivity contribution in [1.82, 2.24) is 5.32 Å². The maximum absolute atomic E-state index is 3.24. The van der Waals surface area contributed by atoms with Gasteiger partial charge in [0.25, 0.3) is 0 Å². The topological polar surface area (TPSA) is 12.0 Å². The van der Waals surface area contributed by atoms with Gasteiger partial charge in [-0.25, -0.2) is 0 Å². The van der Waals surface area contributed by atoms with Gasteiger partial charge < -0.3 is 5.32 Å². The van der Waals surface area contributed by atoms with E-state index in [9.17, 15) is 0 Å². The Morgan fingerprint density at radius 1 is 1.67 bits per heavy atom. The molecule has 1 nitrogen and oxygen atoms in total. The van der Waals surface area contributed by atoms with E-state index >= 15 is 0 Å². The lowest BCUT2D eigenvalue weighted by molar-refractivity contribution is 0.955. The second-order valence-corrected chi connectivity index (χ2v) is 4.03. The number of hydrogen-bond donors (Lipinski definition) is 1. The highest BCUT2D eigenvalue weighted by Gasteiger charge is 1.95. The SMILES string of the molecule is CSSC1=CC=CCN1. The zero-order valence-corrected chi connectivity index (χ0v) is 6.89. The summed E-state index contributed by atoms with van der Waals surface area (Å²) in [6.45, 7) is 0.972. The van der Waals surface area contributed by atoms with Crippen molar-refractivity contribution in [2.24, 2.45) is 0 Å². The molecule has 0 fully saturated rings. The van der Waals surface area contributed by atoms with Gasteiger partial charge in [-0.1, -0.05) is 22.9 Å². The number of dihydropyridines is 1. The highest BCUT2D eigenvalue weighted by atomic mass is 33.1. The minimum Gasteiger partial charge on any atom is -0.376 e. The van der Waals surface area contributed by atoms with E-state index in [0.717, 1.165) is 6.54 Å². The second kappa shape index (κ2) is 3.90. The Bertz CT molecular complexity index is 140. The molecule has 1 N–H and O–H groups in total. The molecule has 1 aliphatic heterocycles. The van der Waals surface area contributed by atoms with Crippen LogP contribution in [-0.4, -0.2) is 12.8 Å². The van der Waals surface area contributed by atoms with Crippen molar-refractivity contribution >= 4 is 21.6 Å². The summed E-state index contributed by atoms with van der Waals surface area (Å²) in [5, 5.41) is 4.49. The first-order valence-corrected chi connectivity index (χ1v) is 5.30. The van der Waals surface area contributed by atoms with E-state index in [-0.39, 0.29) is 0 Å². The molecule has 0 atom stereocenters. The van der Waals surface area contributed by atoms with Crippen LogP contribution in [0.25, 0.3) is 0 Å². The Balaban J connectivity index is 2.38. The maximum Gasteiger partial charge on any atom is 0.0791 e. The number of hydrogen-bond acceptors (Lipinski definition) is 3. The normalized spacial score (nSPS) is 16.8. The molecule has 0 aromatic heterocycles. The summed E-state index contributed by atoms with van der Waals surface area (Å²) in [5.74, 6) is 0. The summed E-state index contributed by atoms with van der Waals surface area (Å²) in [7, 11) is 3.53. The van der Waals surface area contributed by atoms with Gasteiger partial charge in [-0.2, -0.15) is 0 Å². The highest BCUT2D eigenvalue weighted by Crippen LogP contribution is 2.25. The molecule has 3 heteroatoms. The van der Waals surface area contributed by atoms with E-state index in [0.29, 0.717) is 0 Å². The summed E-state index contributed by atoms with van der Waals surface area (Å²) in [4.78, 5) is 0. The number of nitrogens with one attached hydrogen (secondary N) is 1. The van der Waals surface area contributed by atoms with Crippen molar-refractivity contribution in [2.45, 2.75) is 0 Å². The fourth-order valence-corrected chi connectivity index (χ4v) is 1.93. The van der Waals surface area contributed by atoms with Crippen LogP contribution in [0.4, 0.5) is 0 Å². The van der Waals surface area contributed by atoms with Gasteiger partial charge in [0.1, 0.15) is 0 Å². The lowest BCUT2D eigenvalue weighted by atomic mass is 10.4. The Morgan fingerprint density at radius 2 is 2.56 bits per heavy atom. The summed E-state index contributed by atoms with van der Waals surface area (Å²) in [5.41, 5.74) is 0. The van der Waals surface area contributed by atoms with Crippen LogP contribution >= 0.6 is 21.6 Å². The first-order valence-electron chi connectivity index (χ1n) is 2.75. The second-order valence-electron chi connectivity index (χ2n) is 1.59. The van der Waals surface area contributed by atoms with Crippen molar-refractivity contribution < 1.29 is 0 Å². The molecule has 0 aromatic carbocycles. The summed E-state index contributed by atoms with van der Waals surface area (Å²) < 4.78 is 0. The first-order chi connectivity index (χ1) is 4.43. The molecule has 0 saturated heterocycles. The van der Waals surface area contributed by atoms with Gasteiger partial charge in [0.15, 0.2) is 0 Å². The lowest BCUT2D eigenvalue weighted by Gasteiger charge is -2.08. The van der Waals surface area contributed by atoms with Crippen molar-refractivity contribution in [3.05, 3.63) is 23.3 Å². The van der Waals surface area contributed by atoms with Gasteiger partial charge in [0, 0.05) is 6.54 Å². The van der Waals surface area contributed by atoms with Gasteiger partial charge in [-0.05, 0) is 23.1 Å². The maximum atomic E-state index is 3.24. The van der Waals surface area contributed by atoms with E-state index in [4.69, 9.17) is 0 Å². The van der Waals surface area contributed by atoms with Crippen LogP contribution in [0.5, 0.6) is 0 Å². The summed E-state index contributed by atoms with van der Waals surface area (Å²) in [6.07, 6.45) is 8.34. The molecule has 50 valence electrons. The Kier molecular flexibility index (Phi) is 3.08. The molecule has 0 aliphatic carbocycles. The molecule has 0 amide bonds. The standard InChI is InChI=1S/C6H9NS2/c1-8-9-6-4-2-3-5-7-6/h2-4,7H,5H2,1H3. The Hall–Kier alpha value is -0.0200. The van der Waals surface area contributed by atoms with Gasteiger partial charge in [-0.3, -0.25) is 0 Å². The lowest BCUT2D eigenvalue weighted by Crippen LogP contribution is -2.12. The molecule has 1 heterocycles. The van der Waals surface area contributed by atoms with E-state index in [1.54, 1.807) is 21.6 Å². The highest BCUT2D eigenvalue weighted by molar-refractivity contribution is 8.77. The van der Waals surface area contributed by atoms with Crippen molar-refractivity contribution in [1.29, 1.82) is 0 Å². The third-order valence-electron chi connectivity index (χ3n) is 0.951. The van der Waals surface area contributed by atoms with Crippen LogP contribution in [0, 0.1) is 0 Å². The van der Waals surface area contributed by atoms with Crippen LogP contribution in [-0.2, 0) is 0 Å². The monoisotopic (exact) mass is 159 g/mol. The predicted octanol–water partition coefficient (Wildman–Crippen LogP) is 2.00. The number of rotatable bonds is 2. The van der Waals surface area contributed by atoms with Crippen LogP contribution < -0.4 is 5.32 Å². The third-order valence-corrected chi connectivity index (χ3v) is 2.62. The quantitative estimate of drug-likeness (QED) is 0.619. The third kappa shape index (κ3) is 2.37. The van der Waals surface area contributed by atoms with Gasteiger partial charge in [0.05, 0.1) is 5.03 Å². The van der Waals surface area contributed by atoms with Crippen LogP contribution in [0.1, 0.15) is 0 Å². The molecule has 0 radical (unpaired) electrons. The van der Waals surface area contributed by atoms with Crippen LogP contribution in [0.3, 0.4) is 0 Å². The van der Waals surface area contributed by atoms with Crippen molar-refractivity contribution in [3.63, 3.8) is 0 Å². The smallest absolute Gasteiger partial charge is 0.0791 e. The van der Waals surface area contributed by atoms with E-state index in [1.807, 2.05) is 0 Å². The molecule has 0 spiro atoms.